The van der Waals surface area contributed by atoms with E-state index in [2.05, 4.69) is 10.6 Å². The molecular weight excluding hydrogens is 190 g/mol. The van der Waals surface area contributed by atoms with E-state index >= 15 is 0 Å². The summed E-state index contributed by atoms with van der Waals surface area (Å²) in [5.41, 5.74) is 0. The third-order valence-corrected chi connectivity index (χ3v) is 2.80. The van der Waals surface area contributed by atoms with E-state index < -0.39 is 0 Å². The maximum atomic E-state index is 11.3. The zero-order chi connectivity index (χ0) is 10.9. The van der Waals surface area contributed by atoms with Gasteiger partial charge in [-0.1, -0.05) is 0 Å². The molecule has 0 aromatic carbocycles. The lowest BCUT2D eigenvalue weighted by Crippen LogP contribution is -2.29. The van der Waals surface area contributed by atoms with Crippen LogP contribution < -0.4 is 10.6 Å². The third kappa shape index (κ3) is 5.38. The van der Waals surface area contributed by atoms with E-state index in [1.54, 1.807) is 0 Å². The van der Waals surface area contributed by atoms with Crippen molar-refractivity contribution < 1.29 is 4.79 Å². The second-order valence-corrected chi connectivity index (χ2v) is 3.99. The molecule has 0 radical (unpaired) electrons. The molecule has 1 aliphatic heterocycles. The van der Waals surface area contributed by atoms with Crippen LogP contribution in [0.3, 0.4) is 0 Å². The molecule has 1 fully saturated rings. The van der Waals surface area contributed by atoms with Gasteiger partial charge in [0.05, 0.1) is 12.5 Å². The van der Waals surface area contributed by atoms with Crippen LogP contribution in [0.4, 0.5) is 0 Å². The number of nitrogens with zero attached hydrogens (tertiary/aromatic N) is 1. The van der Waals surface area contributed by atoms with E-state index in [4.69, 9.17) is 5.26 Å². The van der Waals surface area contributed by atoms with Gasteiger partial charge < -0.3 is 10.6 Å². The first kappa shape index (κ1) is 12.0. The number of nitrogens with one attached hydrogen (secondary N) is 2. The highest BCUT2D eigenvalue weighted by molar-refractivity contribution is 5.75. The fourth-order valence-corrected chi connectivity index (χ4v) is 1.85. The summed E-state index contributed by atoms with van der Waals surface area (Å²) in [6.45, 7) is 2.66. The molecule has 1 heterocycles. The standard InChI is InChI=1S/C11H19N3O/c12-6-1-7-14-11(15)3-2-10-4-8-13-9-5-10/h10,13H,1-5,7-9H2,(H,14,15). The van der Waals surface area contributed by atoms with Crippen molar-refractivity contribution in [3.05, 3.63) is 0 Å². The van der Waals surface area contributed by atoms with Gasteiger partial charge in [0.15, 0.2) is 0 Å². The predicted octanol–water partition coefficient (Wildman–Crippen LogP) is 0.796. The van der Waals surface area contributed by atoms with Gasteiger partial charge in [0.2, 0.25) is 5.91 Å². The van der Waals surface area contributed by atoms with Gasteiger partial charge in [0.25, 0.3) is 0 Å². The van der Waals surface area contributed by atoms with Crippen LogP contribution in [0.1, 0.15) is 32.1 Å². The number of carbonyl (C=O) groups is 1. The predicted molar refractivity (Wildman–Crippen MR) is 58.1 cm³/mol. The molecule has 0 saturated carbocycles. The summed E-state index contributed by atoms with van der Waals surface area (Å²) in [6.07, 6.45) is 4.37. The van der Waals surface area contributed by atoms with Gasteiger partial charge in [0.1, 0.15) is 0 Å². The summed E-state index contributed by atoms with van der Waals surface area (Å²) < 4.78 is 0. The minimum atomic E-state index is 0.0868. The molecule has 0 aliphatic carbocycles. The number of rotatable bonds is 5. The van der Waals surface area contributed by atoms with Gasteiger partial charge in [-0.3, -0.25) is 4.79 Å². The highest BCUT2D eigenvalue weighted by Gasteiger charge is 2.13. The Bertz CT molecular complexity index is 228. The molecule has 0 aromatic heterocycles. The van der Waals surface area contributed by atoms with Crippen molar-refractivity contribution in [3.63, 3.8) is 0 Å². The second-order valence-electron chi connectivity index (χ2n) is 3.99. The summed E-state index contributed by atoms with van der Waals surface area (Å²) in [5, 5.41) is 14.4. The summed E-state index contributed by atoms with van der Waals surface area (Å²) >= 11 is 0. The van der Waals surface area contributed by atoms with E-state index in [1.165, 1.54) is 12.8 Å². The molecule has 1 aliphatic rings. The normalized spacial score (nSPS) is 17.0. The quantitative estimate of drug-likeness (QED) is 0.658. The Hall–Kier alpha value is -1.08. The first-order chi connectivity index (χ1) is 7.33. The third-order valence-electron chi connectivity index (χ3n) is 2.80. The molecule has 0 unspecified atom stereocenters. The van der Waals surface area contributed by atoms with Gasteiger partial charge in [-0.15, -0.1) is 0 Å². The van der Waals surface area contributed by atoms with Crippen molar-refractivity contribution in [2.24, 2.45) is 5.92 Å². The first-order valence-corrected chi connectivity index (χ1v) is 5.67. The Morgan fingerprint density at radius 2 is 2.20 bits per heavy atom. The molecule has 1 rings (SSSR count). The SMILES string of the molecule is N#CCCNC(=O)CCC1CCNCC1. The van der Waals surface area contributed by atoms with Gasteiger partial charge >= 0.3 is 0 Å². The van der Waals surface area contributed by atoms with E-state index in [0.29, 0.717) is 25.3 Å². The summed E-state index contributed by atoms with van der Waals surface area (Å²) in [4.78, 5) is 11.3. The Labute approximate surface area is 91.0 Å². The van der Waals surface area contributed by atoms with Gasteiger partial charge in [-0.25, -0.2) is 0 Å². The molecule has 4 nitrogen and oxygen atoms in total. The lowest BCUT2D eigenvalue weighted by Gasteiger charge is -2.22. The maximum absolute atomic E-state index is 11.3. The molecule has 0 spiro atoms. The number of hydrogen-bond donors (Lipinski definition) is 2. The van der Waals surface area contributed by atoms with Gasteiger partial charge in [-0.2, -0.15) is 5.26 Å². The van der Waals surface area contributed by atoms with Crippen LogP contribution in [0.5, 0.6) is 0 Å². The van der Waals surface area contributed by atoms with Crippen molar-refractivity contribution in [1.82, 2.24) is 10.6 Å². The summed E-state index contributed by atoms with van der Waals surface area (Å²) in [6, 6.07) is 2.01. The number of nitriles is 1. The molecule has 84 valence electrons. The van der Waals surface area contributed by atoms with Crippen LogP contribution in [0.15, 0.2) is 0 Å². The van der Waals surface area contributed by atoms with Crippen molar-refractivity contribution in [2.45, 2.75) is 32.1 Å². The Morgan fingerprint density at radius 3 is 2.87 bits per heavy atom. The van der Waals surface area contributed by atoms with Crippen molar-refractivity contribution in [3.8, 4) is 6.07 Å². The highest BCUT2D eigenvalue weighted by atomic mass is 16.1. The van der Waals surface area contributed by atoms with Crippen LogP contribution in [-0.2, 0) is 4.79 Å². The fraction of sp³-hybridized carbons (Fsp3) is 0.818. The Kier molecular flexibility index (Phi) is 5.79. The van der Waals surface area contributed by atoms with Crippen LogP contribution in [0, 0.1) is 17.2 Å². The molecule has 4 heteroatoms. The lowest BCUT2D eigenvalue weighted by atomic mass is 9.93. The van der Waals surface area contributed by atoms with Crippen LogP contribution in [-0.4, -0.2) is 25.5 Å². The number of piperidine rings is 1. The number of amides is 1. The fourth-order valence-electron chi connectivity index (χ4n) is 1.85. The first-order valence-electron chi connectivity index (χ1n) is 5.67. The summed E-state index contributed by atoms with van der Waals surface area (Å²) in [7, 11) is 0. The summed E-state index contributed by atoms with van der Waals surface area (Å²) in [5.74, 6) is 0.789. The Morgan fingerprint density at radius 1 is 1.47 bits per heavy atom. The Balaban J connectivity index is 2.03. The zero-order valence-electron chi connectivity index (χ0n) is 9.09. The second kappa shape index (κ2) is 7.24. The van der Waals surface area contributed by atoms with Crippen molar-refractivity contribution >= 4 is 5.91 Å². The van der Waals surface area contributed by atoms with E-state index in [0.717, 1.165) is 19.5 Å². The molecule has 0 aromatic rings. The topological polar surface area (TPSA) is 64.9 Å². The van der Waals surface area contributed by atoms with E-state index in [1.807, 2.05) is 6.07 Å². The number of hydrogen-bond acceptors (Lipinski definition) is 3. The highest BCUT2D eigenvalue weighted by Crippen LogP contribution is 2.17. The number of carbonyl (C=O) groups excluding carboxylic acids is 1. The van der Waals surface area contributed by atoms with Crippen LogP contribution in [0.25, 0.3) is 0 Å². The molecule has 1 amide bonds. The maximum Gasteiger partial charge on any atom is 0.220 e. The van der Waals surface area contributed by atoms with Gasteiger partial charge in [-0.05, 0) is 38.3 Å². The smallest absolute Gasteiger partial charge is 0.220 e. The van der Waals surface area contributed by atoms with E-state index in [-0.39, 0.29) is 5.91 Å². The molecule has 15 heavy (non-hydrogen) atoms. The van der Waals surface area contributed by atoms with Crippen molar-refractivity contribution in [1.29, 1.82) is 5.26 Å². The van der Waals surface area contributed by atoms with E-state index in [9.17, 15) is 4.79 Å². The zero-order valence-corrected chi connectivity index (χ0v) is 9.09. The lowest BCUT2D eigenvalue weighted by molar-refractivity contribution is -0.121. The average Bonchev–Trinajstić information content (AvgIpc) is 2.28. The largest absolute Gasteiger partial charge is 0.355 e. The minimum absolute atomic E-state index is 0.0868. The van der Waals surface area contributed by atoms with Crippen molar-refractivity contribution in [2.75, 3.05) is 19.6 Å². The minimum Gasteiger partial charge on any atom is -0.355 e. The monoisotopic (exact) mass is 209 g/mol. The average molecular weight is 209 g/mol. The molecular formula is C11H19N3O. The molecule has 0 atom stereocenters. The van der Waals surface area contributed by atoms with Crippen LogP contribution >= 0.6 is 0 Å². The van der Waals surface area contributed by atoms with Crippen LogP contribution in [0.2, 0.25) is 0 Å². The molecule has 1 saturated heterocycles. The molecule has 2 N–H and O–H groups in total. The molecule has 0 bridgehead atoms. The van der Waals surface area contributed by atoms with Gasteiger partial charge in [0, 0.05) is 13.0 Å².